The molecule has 0 aromatic heterocycles. The molecule has 2 rings (SSSR count). The normalized spacial score (nSPS) is 23.9. The molecule has 2 atom stereocenters. The highest BCUT2D eigenvalue weighted by Gasteiger charge is 2.22. The van der Waals surface area contributed by atoms with Crippen molar-refractivity contribution in [3.05, 3.63) is 29.6 Å². The SMILES string of the molecule is COc1ccc(CNC2CCCCC2O)cc1F. The van der Waals surface area contributed by atoms with Gasteiger partial charge < -0.3 is 15.2 Å². The molecule has 1 aliphatic rings. The molecule has 100 valence electrons. The standard InChI is InChI=1S/C14H20FNO2/c1-18-14-7-6-10(8-11(14)15)9-16-12-4-2-3-5-13(12)17/h6-8,12-13,16-17H,2-5,9H2,1H3. The van der Waals surface area contributed by atoms with Crippen LogP contribution in [0.25, 0.3) is 0 Å². The number of hydrogen-bond acceptors (Lipinski definition) is 3. The van der Waals surface area contributed by atoms with Gasteiger partial charge >= 0.3 is 0 Å². The minimum absolute atomic E-state index is 0.129. The Hall–Kier alpha value is -1.13. The Balaban J connectivity index is 1.91. The molecule has 18 heavy (non-hydrogen) atoms. The first-order valence-corrected chi connectivity index (χ1v) is 6.44. The highest BCUT2D eigenvalue weighted by Crippen LogP contribution is 2.20. The van der Waals surface area contributed by atoms with Gasteiger partial charge in [0.25, 0.3) is 0 Å². The van der Waals surface area contributed by atoms with E-state index in [-0.39, 0.29) is 23.7 Å². The molecule has 1 fully saturated rings. The van der Waals surface area contributed by atoms with Crippen LogP contribution in [0.3, 0.4) is 0 Å². The maximum absolute atomic E-state index is 13.5. The minimum atomic E-state index is -0.346. The van der Waals surface area contributed by atoms with Crippen molar-refractivity contribution >= 4 is 0 Å². The maximum Gasteiger partial charge on any atom is 0.165 e. The summed E-state index contributed by atoms with van der Waals surface area (Å²) in [6.45, 7) is 0.572. The molecule has 1 aromatic rings. The van der Waals surface area contributed by atoms with Crippen LogP contribution < -0.4 is 10.1 Å². The van der Waals surface area contributed by atoms with E-state index < -0.39 is 0 Å². The van der Waals surface area contributed by atoms with E-state index in [1.54, 1.807) is 6.07 Å². The van der Waals surface area contributed by atoms with E-state index in [1.807, 2.05) is 6.07 Å². The van der Waals surface area contributed by atoms with Crippen molar-refractivity contribution < 1.29 is 14.2 Å². The van der Waals surface area contributed by atoms with Gasteiger partial charge in [-0.3, -0.25) is 0 Å². The summed E-state index contributed by atoms with van der Waals surface area (Å²) in [5, 5.41) is 13.1. The van der Waals surface area contributed by atoms with Crippen molar-refractivity contribution in [2.24, 2.45) is 0 Å². The number of rotatable bonds is 4. The van der Waals surface area contributed by atoms with E-state index in [1.165, 1.54) is 13.2 Å². The molecule has 0 spiro atoms. The van der Waals surface area contributed by atoms with Crippen molar-refractivity contribution in [3.8, 4) is 5.75 Å². The lowest BCUT2D eigenvalue weighted by molar-refractivity contribution is 0.0902. The fourth-order valence-corrected chi connectivity index (χ4v) is 2.42. The molecule has 0 saturated heterocycles. The first-order valence-electron chi connectivity index (χ1n) is 6.44. The second kappa shape index (κ2) is 6.16. The van der Waals surface area contributed by atoms with Crippen molar-refractivity contribution in [1.29, 1.82) is 0 Å². The van der Waals surface area contributed by atoms with Crippen LogP contribution in [-0.4, -0.2) is 24.4 Å². The van der Waals surface area contributed by atoms with Crippen molar-refractivity contribution in [3.63, 3.8) is 0 Å². The molecule has 0 radical (unpaired) electrons. The Kier molecular flexibility index (Phi) is 4.55. The van der Waals surface area contributed by atoms with Gasteiger partial charge in [-0.2, -0.15) is 0 Å². The van der Waals surface area contributed by atoms with Crippen LogP contribution >= 0.6 is 0 Å². The number of nitrogens with one attached hydrogen (secondary N) is 1. The zero-order valence-electron chi connectivity index (χ0n) is 10.7. The molecule has 2 N–H and O–H groups in total. The third-order valence-electron chi connectivity index (χ3n) is 3.51. The van der Waals surface area contributed by atoms with Gasteiger partial charge in [0, 0.05) is 12.6 Å². The van der Waals surface area contributed by atoms with E-state index in [2.05, 4.69) is 5.32 Å². The lowest BCUT2D eigenvalue weighted by Gasteiger charge is -2.28. The van der Waals surface area contributed by atoms with Gasteiger partial charge in [0.05, 0.1) is 13.2 Å². The average Bonchev–Trinajstić information content (AvgIpc) is 2.38. The van der Waals surface area contributed by atoms with Crippen LogP contribution in [0.4, 0.5) is 4.39 Å². The van der Waals surface area contributed by atoms with Gasteiger partial charge in [0.15, 0.2) is 11.6 Å². The zero-order chi connectivity index (χ0) is 13.0. The molecule has 1 saturated carbocycles. The lowest BCUT2D eigenvalue weighted by Crippen LogP contribution is -2.41. The predicted molar refractivity (Wildman–Crippen MR) is 68.1 cm³/mol. The summed E-state index contributed by atoms with van der Waals surface area (Å²) in [4.78, 5) is 0. The van der Waals surface area contributed by atoms with Crippen molar-refractivity contribution in [2.45, 2.75) is 44.4 Å². The molecule has 1 aliphatic carbocycles. The topological polar surface area (TPSA) is 41.5 Å². The number of benzene rings is 1. The van der Waals surface area contributed by atoms with Crippen molar-refractivity contribution in [2.75, 3.05) is 7.11 Å². The molecule has 0 aliphatic heterocycles. The number of aliphatic hydroxyl groups excluding tert-OH is 1. The highest BCUT2D eigenvalue weighted by molar-refractivity contribution is 5.29. The second-order valence-electron chi connectivity index (χ2n) is 4.81. The molecule has 1 aromatic carbocycles. The lowest BCUT2D eigenvalue weighted by atomic mass is 9.92. The van der Waals surface area contributed by atoms with E-state index in [0.29, 0.717) is 6.54 Å². The Morgan fingerprint density at radius 3 is 2.83 bits per heavy atom. The monoisotopic (exact) mass is 253 g/mol. The molecule has 0 bridgehead atoms. The van der Waals surface area contributed by atoms with Crippen LogP contribution in [0.2, 0.25) is 0 Å². The molecule has 0 amide bonds. The number of ether oxygens (including phenoxy) is 1. The summed E-state index contributed by atoms with van der Waals surface area (Å²) in [6.07, 6.45) is 3.80. The van der Waals surface area contributed by atoms with Gasteiger partial charge in [-0.25, -0.2) is 4.39 Å². The van der Waals surface area contributed by atoms with Crippen LogP contribution in [0.15, 0.2) is 18.2 Å². The van der Waals surface area contributed by atoms with Gasteiger partial charge in [-0.1, -0.05) is 18.9 Å². The Labute approximate surface area is 107 Å². The maximum atomic E-state index is 13.5. The van der Waals surface area contributed by atoms with Crippen LogP contribution in [0, 0.1) is 5.82 Å². The summed E-state index contributed by atoms with van der Waals surface area (Å²) < 4.78 is 18.4. The first-order chi connectivity index (χ1) is 8.70. The fraction of sp³-hybridized carbons (Fsp3) is 0.571. The second-order valence-corrected chi connectivity index (χ2v) is 4.81. The summed E-state index contributed by atoms with van der Waals surface area (Å²) in [7, 11) is 1.45. The molecular formula is C14H20FNO2. The number of aliphatic hydroxyl groups is 1. The van der Waals surface area contributed by atoms with Crippen molar-refractivity contribution in [1.82, 2.24) is 5.32 Å². The molecule has 4 heteroatoms. The average molecular weight is 253 g/mol. The van der Waals surface area contributed by atoms with Crippen LogP contribution in [0.5, 0.6) is 5.75 Å². The molecule has 2 unspecified atom stereocenters. The van der Waals surface area contributed by atoms with Gasteiger partial charge in [0.2, 0.25) is 0 Å². The van der Waals surface area contributed by atoms with Gasteiger partial charge in [0.1, 0.15) is 0 Å². The van der Waals surface area contributed by atoms with E-state index in [9.17, 15) is 9.50 Å². The van der Waals surface area contributed by atoms with Crippen LogP contribution in [0.1, 0.15) is 31.2 Å². The molecule has 3 nitrogen and oxygen atoms in total. The number of halogens is 1. The Morgan fingerprint density at radius 1 is 1.39 bits per heavy atom. The van der Waals surface area contributed by atoms with E-state index in [0.717, 1.165) is 31.2 Å². The summed E-state index contributed by atoms with van der Waals surface area (Å²) in [5.41, 5.74) is 0.867. The van der Waals surface area contributed by atoms with E-state index >= 15 is 0 Å². The smallest absolute Gasteiger partial charge is 0.165 e. The predicted octanol–water partition coefficient (Wildman–Crippen LogP) is 2.23. The number of methoxy groups -OCH3 is 1. The fourth-order valence-electron chi connectivity index (χ4n) is 2.42. The summed E-state index contributed by atoms with van der Waals surface area (Å²) >= 11 is 0. The van der Waals surface area contributed by atoms with E-state index in [4.69, 9.17) is 4.74 Å². The Bertz CT molecular complexity index is 397. The minimum Gasteiger partial charge on any atom is -0.494 e. The zero-order valence-corrected chi connectivity index (χ0v) is 10.7. The third-order valence-corrected chi connectivity index (χ3v) is 3.51. The quantitative estimate of drug-likeness (QED) is 0.864. The van der Waals surface area contributed by atoms with Crippen LogP contribution in [-0.2, 0) is 6.54 Å². The largest absolute Gasteiger partial charge is 0.494 e. The van der Waals surface area contributed by atoms with Gasteiger partial charge in [-0.15, -0.1) is 0 Å². The number of hydrogen-bond donors (Lipinski definition) is 2. The first kappa shape index (κ1) is 13.3. The third kappa shape index (κ3) is 3.21. The molecular weight excluding hydrogens is 233 g/mol. The van der Waals surface area contributed by atoms with Gasteiger partial charge in [-0.05, 0) is 30.5 Å². The molecule has 0 heterocycles. The summed E-state index contributed by atoms with van der Waals surface area (Å²) in [6, 6.07) is 5.07. The summed E-state index contributed by atoms with van der Waals surface area (Å²) in [5.74, 6) is -0.0857. The highest BCUT2D eigenvalue weighted by atomic mass is 19.1. The Morgan fingerprint density at radius 2 is 2.17 bits per heavy atom.